The molecule has 30 heavy (non-hydrogen) atoms. The fourth-order valence-electron chi connectivity index (χ4n) is 2.47. The maximum Gasteiger partial charge on any atom is 0.161 e. The number of aldehydes is 2. The van der Waals surface area contributed by atoms with Crippen molar-refractivity contribution >= 4 is 12.6 Å². The van der Waals surface area contributed by atoms with Crippen LogP contribution in [0.3, 0.4) is 0 Å². The fourth-order valence-corrected chi connectivity index (χ4v) is 2.47. The Morgan fingerprint density at radius 2 is 1.47 bits per heavy atom. The third-order valence-electron chi connectivity index (χ3n) is 3.74. The molecule has 0 aliphatic rings. The minimum atomic E-state index is 0.0855. The lowest BCUT2D eigenvalue weighted by Gasteiger charge is -2.10. The third kappa shape index (κ3) is 7.47. The van der Waals surface area contributed by atoms with E-state index in [1.807, 2.05) is 13.8 Å². The van der Waals surface area contributed by atoms with Crippen molar-refractivity contribution in [3.8, 4) is 23.0 Å². The van der Waals surface area contributed by atoms with Crippen molar-refractivity contribution < 1.29 is 28.9 Å². The summed E-state index contributed by atoms with van der Waals surface area (Å²) in [5.74, 6) is 1.65. The molecule has 0 aromatic heterocycles. The van der Waals surface area contributed by atoms with Crippen molar-refractivity contribution in [1.82, 2.24) is 0 Å². The van der Waals surface area contributed by atoms with Crippen LogP contribution in [0.4, 0.5) is 0 Å². The first kappa shape index (κ1) is 24.5. The lowest BCUT2D eigenvalue weighted by molar-refractivity contribution is 0.111. The number of rotatable bonds is 11. The van der Waals surface area contributed by atoms with Crippen LogP contribution in [0.1, 0.15) is 40.1 Å². The van der Waals surface area contributed by atoms with Gasteiger partial charge in [0.1, 0.15) is 19.2 Å². The van der Waals surface area contributed by atoms with Gasteiger partial charge in [-0.2, -0.15) is 0 Å². The Morgan fingerprint density at radius 3 is 2.03 bits per heavy atom. The molecule has 0 saturated heterocycles. The molecule has 0 amide bonds. The van der Waals surface area contributed by atoms with Gasteiger partial charge >= 0.3 is 0 Å². The van der Waals surface area contributed by atoms with Crippen molar-refractivity contribution in [3.05, 3.63) is 72.3 Å². The molecule has 0 fully saturated rings. The maximum atomic E-state index is 10.7. The van der Waals surface area contributed by atoms with E-state index in [1.54, 1.807) is 36.4 Å². The summed E-state index contributed by atoms with van der Waals surface area (Å²) in [4.78, 5) is 21.2. The Hall–Kier alpha value is -3.54. The van der Waals surface area contributed by atoms with Gasteiger partial charge in [-0.25, -0.2) is 0 Å². The largest absolute Gasteiger partial charge is 0.504 e. The molecule has 0 atom stereocenters. The number of hydrogen-bond acceptors (Lipinski definition) is 6. The molecule has 0 saturated carbocycles. The molecule has 1 N–H and O–H groups in total. The van der Waals surface area contributed by atoms with Crippen molar-refractivity contribution in [1.29, 1.82) is 0 Å². The van der Waals surface area contributed by atoms with Crippen LogP contribution in [0.2, 0.25) is 0 Å². The first-order valence-corrected chi connectivity index (χ1v) is 9.54. The van der Waals surface area contributed by atoms with Crippen LogP contribution in [0, 0.1) is 0 Å². The molecule has 160 valence electrons. The second-order valence-corrected chi connectivity index (χ2v) is 5.93. The molecule has 0 aliphatic carbocycles. The summed E-state index contributed by atoms with van der Waals surface area (Å²) in [6, 6.07) is 8.23. The number of carbonyl (C=O) groups excluding carboxylic acids is 2. The summed E-state index contributed by atoms with van der Waals surface area (Å²) >= 11 is 0. The van der Waals surface area contributed by atoms with Crippen LogP contribution in [0.25, 0.3) is 0 Å². The van der Waals surface area contributed by atoms with Gasteiger partial charge in [0.25, 0.3) is 0 Å². The molecule has 6 heteroatoms. The van der Waals surface area contributed by atoms with Gasteiger partial charge < -0.3 is 19.3 Å². The Balaban J connectivity index is 0.000000300. The Morgan fingerprint density at radius 1 is 0.833 bits per heavy atom. The average molecular weight is 412 g/mol. The number of carbonyl (C=O) groups is 2. The summed E-state index contributed by atoms with van der Waals surface area (Å²) in [6.45, 7) is 12.3. The quantitative estimate of drug-likeness (QED) is 0.422. The number of hydrogen-bond donors (Lipinski definition) is 1. The van der Waals surface area contributed by atoms with Gasteiger partial charge in [-0.1, -0.05) is 18.7 Å². The second kappa shape index (κ2) is 13.6. The molecule has 2 rings (SSSR count). The maximum absolute atomic E-state index is 10.7. The van der Waals surface area contributed by atoms with Crippen molar-refractivity contribution in [2.24, 2.45) is 0 Å². The minimum absolute atomic E-state index is 0.0855. The second-order valence-electron chi connectivity index (χ2n) is 5.93. The highest BCUT2D eigenvalue weighted by molar-refractivity contribution is 5.77. The zero-order valence-electron chi connectivity index (χ0n) is 17.4. The van der Waals surface area contributed by atoms with E-state index >= 15 is 0 Å². The molecule has 2 aromatic carbocycles. The Bertz CT molecular complexity index is 857. The van der Waals surface area contributed by atoms with Gasteiger partial charge in [0.15, 0.2) is 23.0 Å². The van der Waals surface area contributed by atoms with Gasteiger partial charge in [-0.05, 0) is 50.6 Å². The lowest BCUT2D eigenvalue weighted by atomic mass is 10.1. The van der Waals surface area contributed by atoms with Gasteiger partial charge in [0.05, 0.1) is 13.2 Å². The molecule has 0 bridgehead atoms. The molecule has 2 aromatic rings. The molecule has 0 aliphatic heterocycles. The van der Waals surface area contributed by atoms with E-state index in [-0.39, 0.29) is 5.75 Å². The molecule has 6 nitrogen and oxygen atoms in total. The average Bonchev–Trinajstić information content (AvgIpc) is 2.76. The van der Waals surface area contributed by atoms with Gasteiger partial charge in [0.2, 0.25) is 0 Å². The van der Waals surface area contributed by atoms with Gasteiger partial charge in [0, 0.05) is 16.7 Å². The lowest BCUT2D eigenvalue weighted by Crippen LogP contribution is -1.99. The first-order valence-electron chi connectivity index (χ1n) is 9.54. The standard InChI is InChI=1S/2C12H14O3/c1-3-7-15-11-6-5-10(9-13)8-12(11)14-4-2;1-3-5-10-6-9(8-13)7-11(12(10)14)15-4-2/h3,5-6,8-9H,1,4,7H2,2H3;3,6-8,14H,1,4-5H2,2H3. The molecule has 0 unspecified atom stereocenters. The Kier molecular flexibility index (Phi) is 11.1. The molecule has 0 radical (unpaired) electrons. The van der Waals surface area contributed by atoms with Crippen LogP contribution in [0.15, 0.2) is 55.6 Å². The van der Waals surface area contributed by atoms with Gasteiger partial charge in [-0.3, -0.25) is 9.59 Å². The van der Waals surface area contributed by atoms with Crippen LogP contribution < -0.4 is 14.2 Å². The smallest absolute Gasteiger partial charge is 0.161 e. The zero-order chi connectivity index (χ0) is 22.4. The molecule has 0 spiro atoms. The summed E-state index contributed by atoms with van der Waals surface area (Å²) < 4.78 is 16.0. The van der Waals surface area contributed by atoms with E-state index < -0.39 is 0 Å². The van der Waals surface area contributed by atoms with E-state index in [9.17, 15) is 14.7 Å². The number of allylic oxidation sites excluding steroid dienone is 1. The number of ether oxygens (including phenoxy) is 3. The van der Waals surface area contributed by atoms with E-state index in [0.717, 1.165) is 12.6 Å². The predicted molar refractivity (Wildman–Crippen MR) is 117 cm³/mol. The van der Waals surface area contributed by atoms with Gasteiger partial charge in [-0.15, -0.1) is 6.58 Å². The third-order valence-corrected chi connectivity index (χ3v) is 3.74. The summed E-state index contributed by atoms with van der Waals surface area (Å²) in [6.07, 6.45) is 5.34. The predicted octanol–water partition coefficient (Wildman–Crippen LogP) is 4.79. The van der Waals surface area contributed by atoms with Crippen molar-refractivity contribution in [2.45, 2.75) is 20.3 Å². The van der Waals surface area contributed by atoms with E-state index in [2.05, 4.69) is 13.2 Å². The molecule has 0 heterocycles. The zero-order valence-corrected chi connectivity index (χ0v) is 17.4. The summed E-state index contributed by atoms with van der Waals surface area (Å²) in [7, 11) is 0. The number of benzene rings is 2. The number of phenolic OH excluding ortho intramolecular Hbond substituents is 1. The highest BCUT2D eigenvalue weighted by Gasteiger charge is 2.09. The van der Waals surface area contributed by atoms with Crippen LogP contribution in [0.5, 0.6) is 23.0 Å². The molecular weight excluding hydrogens is 384 g/mol. The highest BCUT2D eigenvalue weighted by atomic mass is 16.5. The van der Waals surface area contributed by atoms with Crippen LogP contribution in [-0.4, -0.2) is 37.5 Å². The van der Waals surface area contributed by atoms with Crippen LogP contribution in [-0.2, 0) is 6.42 Å². The van der Waals surface area contributed by atoms with E-state index in [4.69, 9.17) is 14.2 Å². The Labute approximate surface area is 177 Å². The SMILES string of the molecule is C=CCOc1ccc(C=O)cc1OCC.C=CCc1cc(C=O)cc(OCC)c1O. The van der Waals surface area contributed by atoms with E-state index in [0.29, 0.717) is 60.2 Å². The number of aromatic hydroxyl groups is 1. The van der Waals surface area contributed by atoms with E-state index in [1.165, 1.54) is 6.07 Å². The number of phenols is 1. The van der Waals surface area contributed by atoms with Crippen LogP contribution >= 0.6 is 0 Å². The van der Waals surface area contributed by atoms with Crippen molar-refractivity contribution in [2.75, 3.05) is 19.8 Å². The normalized spacial score (nSPS) is 9.53. The first-order chi connectivity index (χ1) is 14.5. The monoisotopic (exact) mass is 412 g/mol. The summed E-state index contributed by atoms with van der Waals surface area (Å²) in [5.41, 5.74) is 1.72. The van der Waals surface area contributed by atoms with Crippen molar-refractivity contribution in [3.63, 3.8) is 0 Å². The summed E-state index contributed by atoms with van der Waals surface area (Å²) in [5, 5.41) is 9.78. The molecular formula is C24H28O6. The fraction of sp³-hybridized carbons (Fsp3) is 0.250. The highest BCUT2D eigenvalue weighted by Crippen LogP contribution is 2.32. The topological polar surface area (TPSA) is 82.1 Å². The minimum Gasteiger partial charge on any atom is -0.504 e.